The number of para-hydroxylation sites is 1. The SMILES string of the molecule is c1ccc(-c2ccc(N(c3ccc(-c4ccccc4)cc3)c3cc(-c4cc(-c5ccccc5)nc5ccccc45)cc4c5ccccc5c5ccccc5c34)cc2)cc1. The Balaban J connectivity index is 1.24. The summed E-state index contributed by atoms with van der Waals surface area (Å²) in [6, 6.07) is 83.2. The summed E-state index contributed by atoms with van der Waals surface area (Å²) in [5.41, 5.74) is 13.3. The number of benzene rings is 10. The minimum atomic E-state index is 0.953. The van der Waals surface area contributed by atoms with E-state index < -0.39 is 0 Å². The molecule has 0 aliphatic heterocycles. The van der Waals surface area contributed by atoms with Gasteiger partial charge in [0.1, 0.15) is 0 Å². The van der Waals surface area contributed by atoms with Crippen LogP contribution in [0.25, 0.3) is 87.9 Å². The highest BCUT2D eigenvalue weighted by Crippen LogP contribution is 2.48. The highest BCUT2D eigenvalue weighted by atomic mass is 15.1. The van der Waals surface area contributed by atoms with Gasteiger partial charge in [0.15, 0.2) is 0 Å². The fraction of sp³-hybridized carbons (Fsp3) is 0. The number of aromatic nitrogens is 1. The molecule has 10 aromatic carbocycles. The van der Waals surface area contributed by atoms with Crippen LogP contribution >= 0.6 is 0 Å². The number of anilines is 3. The van der Waals surface area contributed by atoms with Gasteiger partial charge in [-0.05, 0) is 109 Å². The molecule has 11 aromatic rings. The molecule has 0 aliphatic rings. The summed E-state index contributed by atoms with van der Waals surface area (Å²) in [6.07, 6.45) is 0. The monoisotopic (exact) mass is 750 g/mol. The van der Waals surface area contributed by atoms with Crippen LogP contribution in [0, 0.1) is 0 Å². The van der Waals surface area contributed by atoms with Crippen LogP contribution in [0.5, 0.6) is 0 Å². The van der Waals surface area contributed by atoms with Crippen LogP contribution < -0.4 is 4.90 Å². The Hall–Kier alpha value is -7.81. The van der Waals surface area contributed by atoms with Gasteiger partial charge < -0.3 is 4.90 Å². The third-order valence-electron chi connectivity index (χ3n) is 11.6. The zero-order chi connectivity index (χ0) is 39.1. The Labute approximate surface area is 343 Å². The van der Waals surface area contributed by atoms with Gasteiger partial charge in [0.25, 0.3) is 0 Å². The zero-order valence-corrected chi connectivity index (χ0v) is 32.3. The smallest absolute Gasteiger partial charge is 0.0715 e. The van der Waals surface area contributed by atoms with Gasteiger partial charge in [-0.3, -0.25) is 0 Å². The first-order valence-corrected chi connectivity index (χ1v) is 20.2. The summed E-state index contributed by atoms with van der Waals surface area (Å²) in [4.78, 5) is 7.65. The molecule has 0 saturated heterocycles. The molecule has 0 unspecified atom stereocenters. The average Bonchev–Trinajstić information content (AvgIpc) is 3.32. The molecule has 11 rings (SSSR count). The van der Waals surface area contributed by atoms with Crippen molar-refractivity contribution in [2.45, 2.75) is 0 Å². The second-order valence-corrected chi connectivity index (χ2v) is 15.1. The van der Waals surface area contributed by atoms with E-state index in [2.05, 4.69) is 235 Å². The lowest BCUT2D eigenvalue weighted by atomic mass is 9.89. The second kappa shape index (κ2) is 14.6. The predicted molar refractivity (Wildman–Crippen MR) is 251 cm³/mol. The first kappa shape index (κ1) is 34.4. The van der Waals surface area contributed by atoms with Crippen LogP contribution in [0.4, 0.5) is 17.1 Å². The van der Waals surface area contributed by atoms with Gasteiger partial charge in [-0.15, -0.1) is 0 Å². The van der Waals surface area contributed by atoms with Gasteiger partial charge >= 0.3 is 0 Å². The molecule has 0 spiro atoms. The van der Waals surface area contributed by atoms with E-state index in [1.807, 2.05) is 0 Å². The van der Waals surface area contributed by atoms with Crippen molar-refractivity contribution in [2.24, 2.45) is 0 Å². The summed E-state index contributed by atoms with van der Waals surface area (Å²) in [7, 11) is 0. The fourth-order valence-electron chi connectivity index (χ4n) is 8.81. The molecule has 59 heavy (non-hydrogen) atoms. The van der Waals surface area contributed by atoms with Crippen molar-refractivity contribution >= 4 is 60.3 Å². The molecular weight excluding hydrogens is 713 g/mol. The van der Waals surface area contributed by atoms with Crippen molar-refractivity contribution in [3.8, 4) is 44.6 Å². The third kappa shape index (κ3) is 6.19. The molecule has 2 heteroatoms. The minimum Gasteiger partial charge on any atom is -0.310 e. The lowest BCUT2D eigenvalue weighted by Gasteiger charge is -2.29. The molecule has 0 atom stereocenters. The van der Waals surface area contributed by atoms with Gasteiger partial charge in [-0.2, -0.15) is 0 Å². The van der Waals surface area contributed by atoms with Crippen molar-refractivity contribution in [3.05, 3.63) is 231 Å². The molecule has 0 radical (unpaired) electrons. The molecule has 276 valence electrons. The summed E-state index contributed by atoms with van der Waals surface area (Å²) < 4.78 is 0. The van der Waals surface area contributed by atoms with E-state index in [9.17, 15) is 0 Å². The van der Waals surface area contributed by atoms with Crippen LogP contribution in [0.3, 0.4) is 0 Å². The number of rotatable bonds is 7. The van der Waals surface area contributed by atoms with E-state index >= 15 is 0 Å². The standard InChI is InChI=1S/C57H38N2/c1-4-16-39(17-5-1)41-28-32-45(33-29-41)59(46-34-30-42(31-35-46)40-18-6-2-7-19-40)56-37-44(36-53-49-24-11-10-22-47(49)48-23-12-13-26-51(48)57(53)56)52-38-55(43-20-8-3-9-21-43)58-54-27-15-14-25-50(52)54/h1-38H. The lowest BCUT2D eigenvalue weighted by Crippen LogP contribution is -2.11. The highest BCUT2D eigenvalue weighted by molar-refractivity contribution is 6.29. The largest absolute Gasteiger partial charge is 0.310 e. The minimum absolute atomic E-state index is 0.953. The van der Waals surface area contributed by atoms with E-state index in [1.165, 1.54) is 54.6 Å². The summed E-state index contributed by atoms with van der Waals surface area (Å²) in [6.45, 7) is 0. The Morgan fingerprint density at radius 3 is 1.27 bits per heavy atom. The average molecular weight is 751 g/mol. The number of fused-ring (bicyclic) bond motifs is 7. The fourth-order valence-corrected chi connectivity index (χ4v) is 8.81. The van der Waals surface area contributed by atoms with E-state index in [1.54, 1.807) is 0 Å². The van der Waals surface area contributed by atoms with E-state index in [0.717, 1.165) is 50.3 Å². The number of hydrogen-bond acceptors (Lipinski definition) is 2. The van der Waals surface area contributed by atoms with Crippen molar-refractivity contribution in [1.29, 1.82) is 0 Å². The normalized spacial score (nSPS) is 11.4. The summed E-state index contributed by atoms with van der Waals surface area (Å²) in [5, 5.41) is 8.47. The number of nitrogens with zero attached hydrogens (tertiary/aromatic N) is 2. The summed E-state index contributed by atoms with van der Waals surface area (Å²) >= 11 is 0. The van der Waals surface area contributed by atoms with Crippen LogP contribution in [0.2, 0.25) is 0 Å². The van der Waals surface area contributed by atoms with Crippen LogP contribution in [0.1, 0.15) is 0 Å². The van der Waals surface area contributed by atoms with Crippen LogP contribution in [-0.2, 0) is 0 Å². The topological polar surface area (TPSA) is 16.1 Å². The summed E-state index contributed by atoms with van der Waals surface area (Å²) in [5.74, 6) is 0. The first-order valence-electron chi connectivity index (χ1n) is 20.2. The number of hydrogen-bond donors (Lipinski definition) is 0. The van der Waals surface area contributed by atoms with Gasteiger partial charge in [0.05, 0.1) is 16.9 Å². The van der Waals surface area contributed by atoms with Gasteiger partial charge in [0, 0.05) is 27.7 Å². The lowest BCUT2D eigenvalue weighted by molar-refractivity contribution is 1.30. The molecule has 1 aromatic heterocycles. The van der Waals surface area contributed by atoms with Crippen molar-refractivity contribution in [1.82, 2.24) is 4.98 Å². The third-order valence-corrected chi connectivity index (χ3v) is 11.6. The quantitative estimate of drug-likeness (QED) is 0.151. The Bertz CT molecular complexity index is 3200. The molecule has 2 nitrogen and oxygen atoms in total. The molecule has 0 aliphatic carbocycles. The molecule has 0 amide bonds. The van der Waals surface area contributed by atoms with Crippen molar-refractivity contribution in [2.75, 3.05) is 4.90 Å². The molecule has 0 fully saturated rings. The maximum Gasteiger partial charge on any atom is 0.0715 e. The van der Waals surface area contributed by atoms with Crippen molar-refractivity contribution in [3.63, 3.8) is 0 Å². The van der Waals surface area contributed by atoms with Gasteiger partial charge in [-0.1, -0.05) is 182 Å². The maximum absolute atomic E-state index is 5.19. The van der Waals surface area contributed by atoms with Crippen molar-refractivity contribution < 1.29 is 0 Å². The maximum atomic E-state index is 5.19. The first-order chi connectivity index (χ1) is 29.3. The zero-order valence-electron chi connectivity index (χ0n) is 32.3. The predicted octanol–water partition coefficient (Wildman–Crippen LogP) is 15.8. The van der Waals surface area contributed by atoms with E-state index in [0.29, 0.717) is 0 Å². The molecule has 0 saturated carbocycles. The molecule has 0 bridgehead atoms. The van der Waals surface area contributed by atoms with Crippen LogP contribution in [0.15, 0.2) is 231 Å². The number of pyridine rings is 1. The Morgan fingerprint density at radius 1 is 0.288 bits per heavy atom. The van der Waals surface area contributed by atoms with E-state index in [4.69, 9.17) is 4.98 Å². The molecular formula is C57H38N2. The molecule has 0 N–H and O–H groups in total. The molecule has 1 heterocycles. The Morgan fingerprint density at radius 2 is 0.712 bits per heavy atom. The second-order valence-electron chi connectivity index (χ2n) is 15.1. The van der Waals surface area contributed by atoms with Gasteiger partial charge in [-0.25, -0.2) is 4.98 Å². The van der Waals surface area contributed by atoms with E-state index in [-0.39, 0.29) is 0 Å². The van der Waals surface area contributed by atoms with Crippen LogP contribution in [-0.4, -0.2) is 4.98 Å². The highest BCUT2D eigenvalue weighted by Gasteiger charge is 2.22. The van der Waals surface area contributed by atoms with Gasteiger partial charge in [0.2, 0.25) is 0 Å². The Kier molecular flexibility index (Phi) is 8.52.